The van der Waals surface area contributed by atoms with E-state index in [2.05, 4.69) is 5.32 Å². The lowest BCUT2D eigenvalue weighted by molar-refractivity contribution is -0.114. The Bertz CT molecular complexity index is 838. The first-order valence-electron chi connectivity index (χ1n) is 7.22. The molecule has 0 unspecified atom stereocenters. The van der Waals surface area contributed by atoms with Gasteiger partial charge in [-0.1, -0.05) is 24.3 Å². The van der Waals surface area contributed by atoms with Crippen LogP contribution in [-0.4, -0.2) is 39.3 Å². The highest BCUT2D eigenvalue weighted by molar-refractivity contribution is 7.90. The Morgan fingerprint density at radius 3 is 2.08 bits per heavy atom. The second kappa shape index (κ2) is 7.58. The number of benzene rings is 2. The molecule has 9 heteroatoms. The standard InChI is InChI=1S/C16H17F2N3O3S/c1-20(2)25(23,24)21(12-7-4-3-5-8-12)11-15(22)19-16-13(17)9-6-10-14(16)18/h3-10H,11H2,1-2H3,(H,19,22). The van der Waals surface area contributed by atoms with Crippen LogP contribution in [0, 0.1) is 11.6 Å². The summed E-state index contributed by atoms with van der Waals surface area (Å²) in [6.45, 7) is -0.641. The van der Waals surface area contributed by atoms with Crippen LogP contribution in [0.15, 0.2) is 48.5 Å². The van der Waals surface area contributed by atoms with Crippen LogP contribution >= 0.6 is 0 Å². The molecule has 25 heavy (non-hydrogen) atoms. The van der Waals surface area contributed by atoms with Crippen molar-refractivity contribution >= 4 is 27.5 Å². The van der Waals surface area contributed by atoms with E-state index in [1.54, 1.807) is 18.2 Å². The molecule has 1 N–H and O–H groups in total. The van der Waals surface area contributed by atoms with Crippen LogP contribution in [0.25, 0.3) is 0 Å². The summed E-state index contributed by atoms with van der Waals surface area (Å²) in [5.41, 5.74) is -0.372. The van der Waals surface area contributed by atoms with Gasteiger partial charge in [0.25, 0.3) is 0 Å². The number of carbonyl (C=O) groups is 1. The number of nitrogens with one attached hydrogen (secondary N) is 1. The van der Waals surface area contributed by atoms with Gasteiger partial charge in [-0.3, -0.25) is 4.79 Å². The number of anilines is 2. The number of rotatable bonds is 6. The normalized spacial score (nSPS) is 11.4. The Kier molecular flexibility index (Phi) is 5.70. The molecular weight excluding hydrogens is 352 g/mol. The van der Waals surface area contributed by atoms with Crippen molar-refractivity contribution in [3.05, 3.63) is 60.2 Å². The molecule has 0 heterocycles. The van der Waals surface area contributed by atoms with Gasteiger partial charge in [0, 0.05) is 14.1 Å². The molecule has 0 fully saturated rings. The quantitative estimate of drug-likeness (QED) is 0.849. The maximum absolute atomic E-state index is 13.6. The molecule has 0 atom stereocenters. The van der Waals surface area contributed by atoms with Crippen molar-refractivity contribution in [2.24, 2.45) is 0 Å². The first-order valence-corrected chi connectivity index (χ1v) is 8.62. The Balaban J connectivity index is 2.30. The second-order valence-electron chi connectivity index (χ2n) is 5.28. The van der Waals surface area contributed by atoms with Gasteiger partial charge in [-0.05, 0) is 24.3 Å². The van der Waals surface area contributed by atoms with E-state index >= 15 is 0 Å². The highest BCUT2D eigenvalue weighted by Gasteiger charge is 2.27. The van der Waals surface area contributed by atoms with Crippen LogP contribution in [-0.2, 0) is 15.0 Å². The minimum atomic E-state index is -3.98. The zero-order valence-corrected chi connectivity index (χ0v) is 14.4. The summed E-state index contributed by atoms with van der Waals surface area (Å²) in [4.78, 5) is 12.2. The van der Waals surface area contributed by atoms with E-state index in [0.717, 1.165) is 26.8 Å². The lowest BCUT2D eigenvalue weighted by Crippen LogP contribution is -2.44. The Morgan fingerprint density at radius 2 is 1.56 bits per heavy atom. The molecule has 0 spiro atoms. The molecule has 1 amide bonds. The van der Waals surface area contributed by atoms with Crippen molar-refractivity contribution in [1.82, 2.24) is 4.31 Å². The molecule has 0 aromatic heterocycles. The molecule has 6 nitrogen and oxygen atoms in total. The van der Waals surface area contributed by atoms with Crippen LogP contribution in [0.2, 0.25) is 0 Å². The maximum atomic E-state index is 13.6. The number of hydrogen-bond donors (Lipinski definition) is 1. The zero-order valence-electron chi connectivity index (χ0n) is 13.6. The van der Waals surface area contributed by atoms with Gasteiger partial charge in [-0.15, -0.1) is 0 Å². The van der Waals surface area contributed by atoms with Gasteiger partial charge >= 0.3 is 10.2 Å². The van der Waals surface area contributed by atoms with Crippen LogP contribution < -0.4 is 9.62 Å². The number of halogens is 2. The lowest BCUT2D eigenvalue weighted by Gasteiger charge is -2.26. The molecule has 2 aromatic rings. The number of para-hydroxylation sites is 2. The fourth-order valence-corrected chi connectivity index (χ4v) is 3.09. The molecule has 0 saturated carbocycles. The molecule has 0 aliphatic heterocycles. The second-order valence-corrected chi connectivity index (χ2v) is 7.34. The summed E-state index contributed by atoms with van der Waals surface area (Å²) >= 11 is 0. The average Bonchev–Trinajstić information content (AvgIpc) is 2.56. The van der Waals surface area contributed by atoms with Gasteiger partial charge in [0.2, 0.25) is 5.91 Å². The highest BCUT2D eigenvalue weighted by atomic mass is 32.2. The molecule has 0 aliphatic rings. The largest absolute Gasteiger partial charge is 0.320 e. The fraction of sp³-hybridized carbons (Fsp3) is 0.188. The minimum Gasteiger partial charge on any atom is -0.320 e. The van der Waals surface area contributed by atoms with E-state index in [0.29, 0.717) is 0 Å². The van der Waals surface area contributed by atoms with Crippen LogP contribution in [0.4, 0.5) is 20.2 Å². The molecule has 0 bridgehead atoms. The van der Waals surface area contributed by atoms with Crippen molar-refractivity contribution < 1.29 is 22.0 Å². The number of carbonyl (C=O) groups excluding carboxylic acids is 1. The SMILES string of the molecule is CN(C)S(=O)(=O)N(CC(=O)Nc1c(F)cccc1F)c1ccccc1. The summed E-state index contributed by atoms with van der Waals surface area (Å²) in [6.07, 6.45) is 0. The van der Waals surface area contributed by atoms with Crippen LogP contribution in [0.1, 0.15) is 0 Å². The van der Waals surface area contributed by atoms with E-state index < -0.39 is 40.0 Å². The molecule has 0 aliphatic carbocycles. The molecule has 2 aromatic carbocycles. The summed E-state index contributed by atoms with van der Waals surface area (Å²) in [5.74, 6) is -2.77. The average molecular weight is 369 g/mol. The minimum absolute atomic E-state index is 0.250. The van der Waals surface area contributed by atoms with Gasteiger partial charge in [-0.2, -0.15) is 12.7 Å². The zero-order chi connectivity index (χ0) is 18.6. The van der Waals surface area contributed by atoms with Crippen molar-refractivity contribution in [2.45, 2.75) is 0 Å². The number of amides is 1. The monoisotopic (exact) mass is 369 g/mol. The number of nitrogens with zero attached hydrogens (tertiary/aromatic N) is 2. The first kappa shape index (κ1) is 18.8. The molecule has 0 saturated heterocycles. The summed E-state index contributed by atoms with van der Waals surface area (Å²) < 4.78 is 54.0. The van der Waals surface area contributed by atoms with E-state index in [-0.39, 0.29) is 5.69 Å². The summed E-state index contributed by atoms with van der Waals surface area (Å²) in [7, 11) is -1.34. The van der Waals surface area contributed by atoms with Crippen molar-refractivity contribution in [3.63, 3.8) is 0 Å². The third kappa shape index (κ3) is 4.31. The van der Waals surface area contributed by atoms with E-state index in [1.807, 2.05) is 0 Å². The Labute approximate surface area is 144 Å². The highest BCUT2D eigenvalue weighted by Crippen LogP contribution is 2.21. The van der Waals surface area contributed by atoms with Gasteiger partial charge in [0.15, 0.2) is 0 Å². The van der Waals surface area contributed by atoms with E-state index in [1.165, 1.54) is 26.2 Å². The third-order valence-corrected chi connectivity index (χ3v) is 5.12. The number of hydrogen-bond acceptors (Lipinski definition) is 3. The lowest BCUT2D eigenvalue weighted by atomic mass is 10.3. The van der Waals surface area contributed by atoms with E-state index in [4.69, 9.17) is 0 Å². The molecule has 0 radical (unpaired) electrons. The Hall–Kier alpha value is -2.52. The first-order chi connectivity index (χ1) is 11.7. The molecule has 2 rings (SSSR count). The van der Waals surface area contributed by atoms with Gasteiger partial charge in [0.05, 0.1) is 5.69 Å². The van der Waals surface area contributed by atoms with Crippen LogP contribution in [0.5, 0.6) is 0 Å². The van der Waals surface area contributed by atoms with E-state index in [9.17, 15) is 22.0 Å². The molecule has 134 valence electrons. The Morgan fingerprint density at radius 1 is 1.00 bits per heavy atom. The smallest absolute Gasteiger partial charge is 0.304 e. The fourth-order valence-electron chi connectivity index (χ4n) is 2.02. The van der Waals surface area contributed by atoms with Crippen molar-refractivity contribution in [2.75, 3.05) is 30.3 Å². The molecular formula is C16H17F2N3O3S. The van der Waals surface area contributed by atoms with Gasteiger partial charge in [-0.25, -0.2) is 13.1 Å². The van der Waals surface area contributed by atoms with Crippen LogP contribution in [0.3, 0.4) is 0 Å². The predicted octanol–water partition coefficient (Wildman–Crippen LogP) is 2.22. The third-order valence-electron chi connectivity index (χ3n) is 3.30. The van der Waals surface area contributed by atoms with Crippen molar-refractivity contribution in [3.8, 4) is 0 Å². The topological polar surface area (TPSA) is 69.7 Å². The van der Waals surface area contributed by atoms with Gasteiger partial charge < -0.3 is 5.32 Å². The summed E-state index contributed by atoms with van der Waals surface area (Å²) in [6, 6.07) is 11.1. The van der Waals surface area contributed by atoms with Gasteiger partial charge in [0.1, 0.15) is 23.9 Å². The predicted molar refractivity (Wildman–Crippen MR) is 91.4 cm³/mol. The maximum Gasteiger partial charge on any atom is 0.304 e. The van der Waals surface area contributed by atoms with Crippen molar-refractivity contribution in [1.29, 1.82) is 0 Å². The summed E-state index contributed by atoms with van der Waals surface area (Å²) in [5, 5.41) is 2.08.